The lowest BCUT2D eigenvalue weighted by molar-refractivity contribution is 0.0605. The van der Waals surface area contributed by atoms with Crippen molar-refractivity contribution in [2.75, 3.05) is 6.54 Å². The molecule has 5 rings (SSSR count). The lowest BCUT2D eigenvalue weighted by atomic mass is 9.89. The van der Waals surface area contributed by atoms with Gasteiger partial charge >= 0.3 is 0 Å². The van der Waals surface area contributed by atoms with E-state index < -0.39 is 0 Å². The number of nitrogens with zero attached hydrogens (tertiary/aromatic N) is 2. The van der Waals surface area contributed by atoms with E-state index in [-0.39, 0.29) is 22.7 Å². The minimum absolute atomic E-state index is 0.192. The Balaban J connectivity index is 1.32. The summed E-state index contributed by atoms with van der Waals surface area (Å²) in [6, 6.07) is 3.27. The molecule has 7 nitrogen and oxygen atoms in total. The zero-order valence-electron chi connectivity index (χ0n) is 13.3. The summed E-state index contributed by atoms with van der Waals surface area (Å²) in [5.41, 5.74) is 0.604. The molecule has 0 radical (unpaired) electrons. The van der Waals surface area contributed by atoms with Crippen LogP contribution in [0.25, 0.3) is 11.0 Å². The van der Waals surface area contributed by atoms with Crippen LogP contribution in [-0.2, 0) is 4.74 Å². The van der Waals surface area contributed by atoms with Gasteiger partial charge in [0.1, 0.15) is 11.5 Å². The standard InChI is InChI=1S/C17H18N4O3/c1-7-19-11-2-3-12(21-14(11)17(23)20-7)16(22)18-6-8-4-13-9-5-10(9)15(8)24-13/h2-3,8-10,13,15H,4-6H2,1H3,(H,18,22)(H,19,20,23)/t8-,9+,10-,13-,15+/m0/s1. The maximum Gasteiger partial charge on any atom is 0.277 e. The maximum atomic E-state index is 12.4. The highest BCUT2D eigenvalue weighted by Crippen LogP contribution is 2.60. The molecule has 3 fully saturated rings. The SMILES string of the molecule is Cc1nc2ccc(C(=O)NC[C@@H]3C[C@@H]4O[C@H]3[C@H]3C[C@H]34)nc2c(=O)[nH]1. The molecule has 0 unspecified atom stereocenters. The number of H-pyrrole nitrogens is 1. The van der Waals surface area contributed by atoms with Crippen molar-refractivity contribution in [1.82, 2.24) is 20.3 Å². The van der Waals surface area contributed by atoms with E-state index in [4.69, 9.17) is 4.74 Å². The van der Waals surface area contributed by atoms with Crippen molar-refractivity contribution >= 4 is 16.9 Å². The second-order valence-electron chi connectivity index (χ2n) is 7.12. The average molecular weight is 326 g/mol. The van der Waals surface area contributed by atoms with Crippen LogP contribution in [-0.4, -0.2) is 39.6 Å². The molecule has 1 amide bonds. The fraction of sp³-hybridized carbons (Fsp3) is 0.529. The number of carbonyl (C=O) groups is 1. The molecule has 2 aromatic rings. The van der Waals surface area contributed by atoms with Gasteiger partial charge in [0.05, 0.1) is 17.7 Å². The largest absolute Gasteiger partial charge is 0.374 e. The fourth-order valence-electron chi connectivity index (χ4n) is 4.35. The summed E-state index contributed by atoms with van der Waals surface area (Å²) in [5.74, 6) is 2.17. The van der Waals surface area contributed by atoms with Gasteiger partial charge in [-0.15, -0.1) is 0 Å². The molecule has 1 saturated carbocycles. The van der Waals surface area contributed by atoms with Crippen molar-refractivity contribution in [3.63, 3.8) is 0 Å². The van der Waals surface area contributed by atoms with Crippen LogP contribution < -0.4 is 10.9 Å². The van der Waals surface area contributed by atoms with Crippen LogP contribution in [0.4, 0.5) is 0 Å². The Morgan fingerprint density at radius 1 is 1.33 bits per heavy atom. The molecular weight excluding hydrogens is 308 g/mol. The number of hydrogen-bond acceptors (Lipinski definition) is 5. The van der Waals surface area contributed by atoms with E-state index in [1.165, 1.54) is 6.42 Å². The van der Waals surface area contributed by atoms with Crippen molar-refractivity contribution in [2.24, 2.45) is 17.8 Å². The van der Waals surface area contributed by atoms with E-state index in [0.29, 0.717) is 36.0 Å². The van der Waals surface area contributed by atoms with Gasteiger partial charge in [0.25, 0.3) is 11.5 Å². The van der Waals surface area contributed by atoms with E-state index in [1.807, 2.05) is 0 Å². The molecule has 2 aromatic heterocycles. The van der Waals surface area contributed by atoms with E-state index in [2.05, 4.69) is 20.3 Å². The summed E-state index contributed by atoms with van der Waals surface area (Å²) in [6.45, 7) is 2.31. The fourth-order valence-corrected chi connectivity index (χ4v) is 4.35. The number of fused-ring (bicyclic) bond motifs is 6. The van der Waals surface area contributed by atoms with Gasteiger partial charge in [-0.25, -0.2) is 9.97 Å². The number of rotatable bonds is 3. The van der Waals surface area contributed by atoms with Crippen LogP contribution in [0.3, 0.4) is 0 Å². The molecule has 124 valence electrons. The quantitative estimate of drug-likeness (QED) is 0.869. The third kappa shape index (κ3) is 2.07. The first-order chi connectivity index (χ1) is 11.6. The highest BCUT2D eigenvalue weighted by atomic mass is 16.5. The molecular formula is C17H18N4O3. The van der Waals surface area contributed by atoms with Crippen molar-refractivity contribution in [2.45, 2.75) is 32.0 Å². The highest BCUT2D eigenvalue weighted by molar-refractivity contribution is 5.94. The molecule has 0 spiro atoms. The summed E-state index contributed by atoms with van der Waals surface area (Å²) >= 11 is 0. The Labute approximate surface area is 137 Å². The van der Waals surface area contributed by atoms with Crippen LogP contribution in [0.1, 0.15) is 29.2 Å². The van der Waals surface area contributed by atoms with E-state index in [1.54, 1.807) is 19.1 Å². The van der Waals surface area contributed by atoms with Crippen LogP contribution in [0.15, 0.2) is 16.9 Å². The summed E-state index contributed by atoms with van der Waals surface area (Å²) in [4.78, 5) is 35.3. The first-order valence-electron chi connectivity index (χ1n) is 8.41. The topological polar surface area (TPSA) is 97.0 Å². The Morgan fingerprint density at radius 2 is 2.21 bits per heavy atom. The summed E-state index contributed by atoms with van der Waals surface area (Å²) in [6.07, 6.45) is 3.06. The molecule has 2 aliphatic heterocycles. The third-order valence-corrected chi connectivity index (χ3v) is 5.55. The number of pyridine rings is 1. The van der Waals surface area contributed by atoms with Crippen molar-refractivity contribution in [1.29, 1.82) is 0 Å². The summed E-state index contributed by atoms with van der Waals surface area (Å²) < 4.78 is 5.95. The molecule has 5 atom stereocenters. The molecule has 0 aromatic carbocycles. The Bertz CT molecular complexity index is 908. The second kappa shape index (κ2) is 4.86. The number of amides is 1. The van der Waals surface area contributed by atoms with E-state index >= 15 is 0 Å². The summed E-state index contributed by atoms with van der Waals surface area (Å²) in [5, 5.41) is 2.95. The minimum atomic E-state index is -0.326. The number of ether oxygens (including phenoxy) is 1. The Kier molecular flexibility index (Phi) is 2.85. The van der Waals surface area contributed by atoms with Gasteiger partial charge in [0.2, 0.25) is 0 Å². The van der Waals surface area contributed by atoms with E-state index in [9.17, 15) is 9.59 Å². The molecule has 1 aliphatic carbocycles. The normalized spacial score (nSPS) is 32.8. The van der Waals surface area contributed by atoms with Gasteiger partial charge in [-0.05, 0) is 43.7 Å². The lowest BCUT2D eigenvalue weighted by Gasteiger charge is -2.18. The number of aromatic amines is 1. The summed E-state index contributed by atoms with van der Waals surface area (Å²) in [7, 11) is 0. The molecule has 24 heavy (non-hydrogen) atoms. The highest BCUT2D eigenvalue weighted by Gasteiger charge is 2.62. The minimum Gasteiger partial charge on any atom is -0.374 e. The van der Waals surface area contributed by atoms with Crippen LogP contribution in [0.5, 0.6) is 0 Å². The molecule has 2 saturated heterocycles. The smallest absolute Gasteiger partial charge is 0.277 e. The molecule has 7 heteroatoms. The second-order valence-corrected chi connectivity index (χ2v) is 7.12. The maximum absolute atomic E-state index is 12.4. The number of carbonyl (C=O) groups excluding carboxylic acids is 1. The number of hydrogen-bond donors (Lipinski definition) is 2. The first-order valence-corrected chi connectivity index (χ1v) is 8.41. The zero-order valence-corrected chi connectivity index (χ0v) is 13.3. The molecule has 2 N–H and O–H groups in total. The lowest BCUT2D eigenvalue weighted by Crippen LogP contribution is -2.35. The molecule has 4 heterocycles. The zero-order chi connectivity index (χ0) is 16.4. The Hall–Kier alpha value is -2.28. The van der Waals surface area contributed by atoms with Crippen molar-refractivity contribution < 1.29 is 9.53 Å². The third-order valence-electron chi connectivity index (χ3n) is 5.55. The van der Waals surface area contributed by atoms with Crippen molar-refractivity contribution in [3.8, 4) is 0 Å². The van der Waals surface area contributed by atoms with Crippen LogP contribution in [0.2, 0.25) is 0 Å². The van der Waals surface area contributed by atoms with Gasteiger partial charge < -0.3 is 15.0 Å². The van der Waals surface area contributed by atoms with Gasteiger partial charge in [-0.2, -0.15) is 0 Å². The molecule has 3 aliphatic rings. The predicted molar refractivity (Wildman–Crippen MR) is 85.6 cm³/mol. The Morgan fingerprint density at radius 3 is 3.00 bits per heavy atom. The first kappa shape index (κ1) is 14.1. The van der Waals surface area contributed by atoms with E-state index in [0.717, 1.165) is 18.3 Å². The monoisotopic (exact) mass is 326 g/mol. The van der Waals surface area contributed by atoms with Crippen molar-refractivity contribution in [3.05, 3.63) is 34.0 Å². The van der Waals surface area contributed by atoms with Gasteiger partial charge in [0.15, 0.2) is 5.52 Å². The number of aryl methyl sites for hydroxylation is 1. The van der Waals surface area contributed by atoms with Gasteiger partial charge in [0, 0.05) is 12.5 Å². The van der Waals surface area contributed by atoms with Crippen LogP contribution >= 0.6 is 0 Å². The van der Waals surface area contributed by atoms with Gasteiger partial charge in [-0.3, -0.25) is 9.59 Å². The van der Waals surface area contributed by atoms with Gasteiger partial charge in [-0.1, -0.05) is 0 Å². The molecule has 2 bridgehead atoms. The number of nitrogens with one attached hydrogen (secondary N) is 2. The predicted octanol–water partition coefficient (Wildman–Crippen LogP) is 0.780. The number of aromatic nitrogens is 3. The average Bonchev–Trinajstić information content (AvgIpc) is 3.17. The van der Waals surface area contributed by atoms with Crippen LogP contribution in [0, 0.1) is 24.7 Å².